The Hall–Kier alpha value is -3.95. The number of hydrogen-bond donors (Lipinski definition) is 0. The van der Waals surface area contributed by atoms with Crippen LogP contribution in [0.25, 0.3) is 11.2 Å². The number of fused-ring (bicyclic) bond motifs is 1. The molecule has 5 rings (SSSR count). The molecule has 35 heavy (non-hydrogen) atoms. The van der Waals surface area contributed by atoms with Crippen LogP contribution >= 0.6 is 0 Å². The number of aromatic nitrogens is 4. The second-order valence-electron chi connectivity index (χ2n) is 8.16. The summed E-state index contributed by atoms with van der Waals surface area (Å²) in [5.74, 6) is 1.58. The molecule has 2 aromatic carbocycles. The Bertz CT molecular complexity index is 1380. The van der Waals surface area contributed by atoms with Crippen LogP contribution in [-0.4, -0.2) is 46.0 Å². The molecule has 0 spiro atoms. The van der Waals surface area contributed by atoms with Gasteiger partial charge in [-0.25, -0.2) is 9.97 Å². The van der Waals surface area contributed by atoms with Crippen molar-refractivity contribution in [3.63, 3.8) is 0 Å². The van der Waals surface area contributed by atoms with Gasteiger partial charge >= 0.3 is 0 Å². The van der Waals surface area contributed by atoms with Crippen molar-refractivity contribution < 1.29 is 18.9 Å². The molecule has 4 aromatic rings. The van der Waals surface area contributed by atoms with Gasteiger partial charge in [0.15, 0.2) is 17.4 Å². The molecule has 0 bridgehead atoms. The zero-order valence-electron chi connectivity index (χ0n) is 19.5. The highest BCUT2D eigenvalue weighted by Crippen LogP contribution is 2.24. The molecule has 0 aliphatic carbocycles. The fourth-order valence-corrected chi connectivity index (χ4v) is 3.93. The van der Waals surface area contributed by atoms with E-state index in [9.17, 15) is 4.79 Å². The summed E-state index contributed by atoms with van der Waals surface area (Å²) in [5, 5.41) is 0. The van der Waals surface area contributed by atoms with Gasteiger partial charge in [-0.2, -0.15) is 0 Å². The molecule has 0 amide bonds. The third-order valence-electron chi connectivity index (χ3n) is 5.85. The number of hydrogen-bond acceptors (Lipinski definition) is 7. The molecule has 9 heteroatoms. The van der Waals surface area contributed by atoms with Gasteiger partial charge in [-0.05, 0) is 41.5 Å². The maximum absolute atomic E-state index is 13.0. The fraction of sp³-hybridized carbons (Fsp3) is 0.269. The number of imidazole rings is 1. The van der Waals surface area contributed by atoms with Gasteiger partial charge < -0.3 is 18.9 Å². The van der Waals surface area contributed by atoms with E-state index in [-0.39, 0.29) is 11.7 Å². The molecule has 0 unspecified atom stereocenters. The summed E-state index contributed by atoms with van der Waals surface area (Å²) in [6, 6.07) is 15.3. The van der Waals surface area contributed by atoms with Crippen molar-refractivity contribution in [2.75, 3.05) is 20.8 Å². The van der Waals surface area contributed by atoms with E-state index in [0.717, 1.165) is 22.6 Å². The molecule has 0 saturated heterocycles. The topological polar surface area (TPSA) is 89.6 Å². The van der Waals surface area contributed by atoms with Gasteiger partial charge in [0.25, 0.3) is 5.56 Å². The van der Waals surface area contributed by atoms with E-state index in [4.69, 9.17) is 18.9 Å². The minimum absolute atomic E-state index is 0.203. The molecular formula is C26H26N4O5. The highest BCUT2D eigenvalue weighted by atomic mass is 16.5. The second kappa shape index (κ2) is 10.1. The monoisotopic (exact) mass is 474 g/mol. The molecule has 2 aromatic heterocycles. The summed E-state index contributed by atoms with van der Waals surface area (Å²) in [6.07, 6.45) is 6.40. The predicted octanol–water partition coefficient (Wildman–Crippen LogP) is 3.33. The van der Waals surface area contributed by atoms with Crippen LogP contribution in [0.3, 0.4) is 0 Å². The molecule has 9 nitrogen and oxygen atoms in total. The van der Waals surface area contributed by atoms with Crippen LogP contribution in [0.5, 0.6) is 11.5 Å². The predicted molar refractivity (Wildman–Crippen MR) is 130 cm³/mol. The van der Waals surface area contributed by atoms with Crippen molar-refractivity contribution in [1.29, 1.82) is 0 Å². The van der Waals surface area contributed by atoms with E-state index < -0.39 is 6.23 Å². The Balaban J connectivity index is 1.22. The second-order valence-corrected chi connectivity index (χ2v) is 8.16. The lowest BCUT2D eigenvalue weighted by Crippen LogP contribution is -2.22. The summed E-state index contributed by atoms with van der Waals surface area (Å²) < 4.78 is 25.6. The van der Waals surface area contributed by atoms with Crippen LogP contribution in [-0.2, 0) is 22.6 Å². The first-order valence-electron chi connectivity index (χ1n) is 11.2. The lowest BCUT2D eigenvalue weighted by atomic mass is 10.2. The summed E-state index contributed by atoms with van der Waals surface area (Å²) in [5.41, 5.74) is 2.60. The van der Waals surface area contributed by atoms with Crippen molar-refractivity contribution in [3.8, 4) is 11.5 Å². The van der Waals surface area contributed by atoms with E-state index in [1.807, 2.05) is 60.7 Å². The van der Waals surface area contributed by atoms with Crippen LogP contribution < -0.4 is 15.0 Å². The summed E-state index contributed by atoms with van der Waals surface area (Å²) in [7, 11) is 3.26. The zero-order chi connectivity index (χ0) is 24.2. The minimum atomic E-state index is -0.404. The fourth-order valence-electron chi connectivity index (χ4n) is 3.93. The Morgan fingerprint density at radius 1 is 0.886 bits per heavy atom. The molecule has 1 aliphatic heterocycles. The van der Waals surface area contributed by atoms with Crippen molar-refractivity contribution in [3.05, 3.63) is 94.8 Å². The average molecular weight is 475 g/mol. The van der Waals surface area contributed by atoms with Gasteiger partial charge in [0.1, 0.15) is 23.9 Å². The van der Waals surface area contributed by atoms with E-state index >= 15 is 0 Å². The van der Waals surface area contributed by atoms with E-state index in [1.165, 1.54) is 0 Å². The number of ether oxygens (including phenoxy) is 4. The molecule has 180 valence electrons. The first kappa shape index (κ1) is 22.8. The SMILES string of the molecule is COc1ccc(COC[C@@H]2C=C[C@H](n3cnc4c(=O)n(Cc5ccc(OC)cc5)cnc43)O2)cc1. The first-order chi connectivity index (χ1) is 17.1. The lowest BCUT2D eigenvalue weighted by molar-refractivity contribution is -0.0314. The summed E-state index contributed by atoms with van der Waals surface area (Å²) in [4.78, 5) is 21.8. The van der Waals surface area contributed by atoms with Gasteiger partial charge in [-0.1, -0.05) is 30.3 Å². The van der Waals surface area contributed by atoms with Crippen molar-refractivity contribution >= 4 is 11.2 Å². The molecular weight excluding hydrogens is 448 g/mol. The van der Waals surface area contributed by atoms with Gasteiger partial charge in [-0.3, -0.25) is 13.9 Å². The normalized spacial score (nSPS) is 17.2. The zero-order valence-corrected chi connectivity index (χ0v) is 19.5. The van der Waals surface area contributed by atoms with Crippen molar-refractivity contribution in [2.24, 2.45) is 0 Å². The number of rotatable bonds is 9. The molecule has 3 heterocycles. The van der Waals surface area contributed by atoms with Gasteiger partial charge in [0, 0.05) is 0 Å². The van der Waals surface area contributed by atoms with Crippen LogP contribution in [0, 0.1) is 0 Å². The Morgan fingerprint density at radius 3 is 2.26 bits per heavy atom. The summed E-state index contributed by atoms with van der Waals surface area (Å²) >= 11 is 0. The minimum Gasteiger partial charge on any atom is -0.497 e. The van der Waals surface area contributed by atoms with E-state index in [1.54, 1.807) is 36.0 Å². The van der Waals surface area contributed by atoms with E-state index in [0.29, 0.717) is 30.9 Å². The quantitative estimate of drug-likeness (QED) is 0.344. The molecule has 0 fully saturated rings. The molecule has 0 N–H and O–H groups in total. The summed E-state index contributed by atoms with van der Waals surface area (Å²) in [6.45, 7) is 1.28. The smallest absolute Gasteiger partial charge is 0.281 e. The maximum Gasteiger partial charge on any atom is 0.281 e. The number of methoxy groups -OCH3 is 2. The van der Waals surface area contributed by atoms with Crippen LogP contribution in [0.15, 0.2) is 78.1 Å². The molecule has 0 saturated carbocycles. The number of benzene rings is 2. The van der Waals surface area contributed by atoms with Crippen LogP contribution in [0.4, 0.5) is 0 Å². The van der Waals surface area contributed by atoms with Gasteiger partial charge in [0.2, 0.25) is 0 Å². The Labute approximate surface area is 202 Å². The molecule has 2 atom stereocenters. The van der Waals surface area contributed by atoms with Crippen molar-refractivity contribution in [1.82, 2.24) is 19.1 Å². The number of nitrogens with zero attached hydrogens (tertiary/aromatic N) is 4. The third kappa shape index (κ3) is 4.96. The maximum atomic E-state index is 13.0. The van der Waals surface area contributed by atoms with Crippen LogP contribution in [0.1, 0.15) is 17.4 Å². The molecule has 0 radical (unpaired) electrons. The van der Waals surface area contributed by atoms with Gasteiger partial charge in [-0.15, -0.1) is 0 Å². The largest absolute Gasteiger partial charge is 0.497 e. The third-order valence-corrected chi connectivity index (χ3v) is 5.85. The highest BCUT2D eigenvalue weighted by molar-refractivity contribution is 5.69. The van der Waals surface area contributed by atoms with Crippen LogP contribution in [0.2, 0.25) is 0 Å². The highest BCUT2D eigenvalue weighted by Gasteiger charge is 2.23. The van der Waals surface area contributed by atoms with Crippen molar-refractivity contribution in [2.45, 2.75) is 25.5 Å². The van der Waals surface area contributed by atoms with E-state index in [2.05, 4.69) is 9.97 Å². The Kier molecular flexibility index (Phi) is 6.60. The molecule has 1 aliphatic rings. The van der Waals surface area contributed by atoms with Gasteiger partial charge in [0.05, 0.1) is 40.3 Å². The lowest BCUT2D eigenvalue weighted by Gasteiger charge is -2.16. The first-order valence-corrected chi connectivity index (χ1v) is 11.2. The average Bonchev–Trinajstić information content (AvgIpc) is 3.54. The Morgan fingerprint density at radius 2 is 1.57 bits per heavy atom. The standard InChI is InChI=1S/C26H26N4O5/c1-32-20-7-3-18(4-8-20)13-29-16-28-25-24(26(29)31)27-17-30(25)23-12-11-22(35-23)15-34-14-19-5-9-21(33-2)10-6-19/h3-12,16-17,22-23H,13-15H2,1-2H3/t22-,23+/m0/s1.